The van der Waals surface area contributed by atoms with Gasteiger partial charge in [0, 0.05) is 18.0 Å². The summed E-state index contributed by atoms with van der Waals surface area (Å²) in [6.45, 7) is 2.83. The number of nitrogens with one attached hydrogen (secondary N) is 1. The van der Waals surface area contributed by atoms with E-state index in [0.29, 0.717) is 0 Å². The minimum absolute atomic E-state index is 0.00948. The summed E-state index contributed by atoms with van der Waals surface area (Å²) >= 11 is 0. The normalized spacial score (nSPS) is 14.0. The molecular weight excluding hydrogens is 460 g/mol. The van der Waals surface area contributed by atoms with Gasteiger partial charge in [-0.05, 0) is 37.6 Å². The molecule has 0 aliphatic rings. The van der Waals surface area contributed by atoms with Crippen molar-refractivity contribution in [2.24, 2.45) is 0 Å². The van der Waals surface area contributed by atoms with Crippen molar-refractivity contribution in [2.75, 3.05) is 6.61 Å². The Hall–Kier alpha value is -3.63. The quantitative estimate of drug-likeness (QED) is 0.446. The molecule has 34 heavy (non-hydrogen) atoms. The van der Waals surface area contributed by atoms with Gasteiger partial charge in [-0.2, -0.15) is 0 Å². The van der Waals surface area contributed by atoms with Crippen LogP contribution in [0.25, 0.3) is 0 Å². The summed E-state index contributed by atoms with van der Waals surface area (Å²) in [5.41, 5.74) is -1.20. The summed E-state index contributed by atoms with van der Waals surface area (Å²) in [6.07, 6.45) is 1.49. The summed E-state index contributed by atoms with van der Waals surface area (Å²) in [7, 11) is -3.92. The molecule has 2 unspecified atom stereocenters. The van der Waals surface area contributed by atoms with E-state index in [2.05, 4.69) is 5.32 Å². The first-order chi connectivity index (χ1) is 16.2. The Kier molecular flexibility index (Phi) is 7.75. The second-order valence-corrected chi connectivity index (χ2v) is 9.43. The Morgan fingerprint density at radius 2 is 1.65 bits per heavy atom. The van der Waals surface area contributed by atoms with E-state index in [1.165, 1.54) is 37.5 Å². The molecule has 0 bridgehead atoms. The highest BCUT2D eigenvalue weighted by Crippen LogP contribution is 2.28. The molecule has 2 N–H and O–H groups in total. The van der Waals surface area contributed by atoms with E-state index in [1.54, 1.807) is 49.4 Å². The summed E-state index contributed by atoms with van der Waals surface area (Å²) in [6, 6.07) is 16.5. The molecule has 0 saturated carbocycles. The molecule has 10 heteroatoms. The van der Waals surface area contributed by atoms with E-state index in [0.717, 1.165) is 9.54 Å². The van der Waals surface area contributed by atoms with Gasteiger partial charge in [0.2, 0.25) is 0 Å². The molecule has 9 nitrogen and oxygen atoms in total. The second-order valence-electron chi connectivity index (χ2n) is 7.59. The highest BCUT2D eigenvalue weighted by Gasteiger charge is 2.42. The molecule has 0 spiro atoms. The third-order valence-corrected chi connectivity index (χ3v) is 6.78. The monoisotopic (exact) mass is 486 g/mol. The number of benzene rings is 2. The van der Waals surface area contributed by atoms with Gasteiger partial charge in [-0.25, -0.2) is 22.0 Å². The predicted octanol–water partition coefficient (Wildman–Crippen LogP) is 2.79. The number of carbonyl (C=O) groups is 2. The molecule has 1 aromatic heterocycles. The van der Waals surface area contributed by atoms with Crippen LogP contribution in [0.2, 0.25) is 0 Å². The van der Waals surface area contributed by atoms with Crippen LogP contribution in [0.4, 0.5) is 4.79 Å². The van der Waals surface area contributed by atoms with E-state index in [-0.39, 0.29) is 23.7 Å². The maximum Gasteiger partial charge on any atom is 0.408 e. The van der Waals surface area contributed by atoms with E-state index in [1.807, 2.05) is 6.07 Å². The van der Waals surface area contributed by atoms with Gasteiger partial charge >= 0.3 is 12.1 Å². The molecule has 3 aromatic rings. The van der Waals surface area contributed by atoms with Crippen LogP contribution in [0.1, 0.15) is 25.0 Å². The topological polar surface area (TPSA) is 124 Å². The lowest BCUT2D eigenvalue weighted by atomic mass is 9.90. The fraction of sp³-hybridized carbons (Fsp3) is 0.250. The lowest BCUT2D eigenvalue weighted by molar-refractivity contribution is -0.153. The molecule has 2 aromatic carbocycles. The largest absolute Gasteiger partial charge is 0.464 e. The average molecular weight is 487 g/mol. The van der Waals surface area contributed by atoms with Crippen LogP contribution in [0.15, 0.2) is 84.0 Å². The molecule has 3 rings (SSSR count). The van der Waals surface area contributed by atoms with E-state index >= 15 is 0 Å². The summed E-state index contributed by atoms with van der Waals surface area (Å²) < 4.78 is 36.9. The Morgan fingerprint density at radius 3 is 2.26 bits per heavy atom. The van der Waals surface area contributed by atoms with Crippen LogP contribution in [0.5, 0.6) is 0 Å². The summed E-state index contributed by atoms with van der Waals surface area (Å²) in [5.74, 6) is -0.900. The number of amides is 1. The average Bonchev–Trinajstić information content (AvgIpc) is 3.35. The number of alkyl carbamates (subject to hydrolysis) is 1. The summed E-state index contributed by atoms with van der Waals surface area (Å²) in [5, 5.41) is 13.6. The highest BCUT2D eigenvalue weighted by molar-refractivity contribution is 7.90. The van der Waals surface area contributed by atoms with Gasteiger partial charge in [0.05, 0.1) is 11.5 Å². The zero-order valence-electron chi connectivity index (χ0n) is 18.7. The second kappa shape index (κ2) is 10.5. The van der Waals surface area contributed by atoms with Crippen molar-refractivity contribution in [1.29, 1.82) is 0 Å². The number of aromatic nitrogens is 1. The van der Waals surface area contributed by atoms with Crippen molar-refractivity contribution in [3.8, 4) is 0 Å². The smallest absolute Gasteiger partial charge is 0.408 e. The number of esters is 1. The SMILES string of the molecule is CCOC(=O)C(NC(=O)OCc1ccccc1)C(C)(O)c1ccn(S(=O)(=O)c2ccccc2)c1. The van der Waals surface area contributed by atoms with Crippen LogP contribution in [0.3, 0.4) is 0 Å². The Bertz CT molecular complexity index is 1220. The Balaban J connectivity index is 1.83. The van der Waals surface area contributed by atoms with E-state index < -0.39 is 33.7 Å². The van der Waals surface area contributed by atoms with Gasteiger partial charge < -0.3 is 19.9 Å². The van der Waals surface area contributed by atoms with Crippen LogP contribution in [0, 0.1) is 0 Å². The van der Waals surface area contributed by atoms with E-state index in [9.17, 15) is 23.1 Å². The van der Waals surface area contributed by atoms with Gasteiger partial charge in [0.25, 0.3) is 10.0 Å². The van der Waals surface area contributed by atoms with Crippen molar-refractivity contribution in [3.63, 3.8) is 0 Å². The number of rotatable bonds is 9. The van der Waals surface area contributed by atoms with Crippen molar-refractivity contribution in [3.05, 3.63) is 90.3 Å². The fourth-order valence-electron chi connectivity index (χ4n) is 3.24. The lowest BCUT2D eigenvalue weighted by Gasteiger charge is -2.31. The molecule has 1 amide bonds. The van der Waals surface area contributed by atoms with Gasteiger partial charge in [-0.3, -0.25) is 0 Å². The molecule has 2 atom stereocenters. The summed E-state index contributed by atoms with van der Waals surface area (Å²) in [4.78, 5) is 25.1. The number of ether oxygens (including phenoxy) is 2. The van der Waals surface area contributed by atoms with Crippen molar-refractivity contribution >= 4 is 22.1 Å². The van der Waals surface area contributed by atoms with Crippen LogP contribution in [-0.2, 0) is 36.5 Å². The maximum atomic E-state index is 12.9. The third-order valence-electron chi connectivity index (χ3n) is 5.13. The van der Waals surface area contributed by atoms with Crippen molar-refractivity contribution in [1.82, 2.24) is 9.29 Å². The van der Waals surface area contributed by atoms with Crippen molar-refractivity contribution in [2.45, 2.75) is 37.0 Å². The van der Waals surface area contributed by atoms with Gasteiger partial charge in [-0.15, -0.1) is 0 Å². The van der Waals surface area contributed by atoms with Crippen LogP contribution < -0.4 is 5.32 Å². The molecule has 0 aliphatic heterocycles. The van der Waals surface area contributed by atoms with E-state index in [4.69, 9.17) is 9.47 Å². The molecule has 1 heterocycles. The first-order valence-corrected chi connectivity index (χ1v) is 12.0. The third kappa shape index (κ3) is 5.64. The van der Waals surface area contributed by atoms with Gasteiger partial charge in [-0.1, -0.05) is 48.5 Å². The Labute approximate surface area is 198 Å². The van der Waals surface area contributed by atoms with Crippen LogP contribution in [-0.4, -0.2) is 42.2 Å². The molecular formula is C24H26N2O7S. The first-order valence-electron chi connectivity index (χ1n) is 10.5. The fourth-order valence-corrected chi connectivity index (χ4v) is 4.46. The number of nitrogens with zero attached hydrogens (tertiary/aromatic N) is 1. The number of carbonyl (C=O) groups excluding carboxylic acids is 2. The first kappa shape index (κ1) is 25.0. The van der Waals surface area contributed by atoms with Crippen LogP contribution >= 0.6 is 0 Å². The maximum absolute atomic E-state index is 12.9. The lowest BCUT2D eigenvalue weighted by Crippen LogP contribution is -2.54. The number of hydrogen-bond acceptors (Lipinski definition) is 7. The standard InChI is InChI=1S/C24H26N2O7S/c1-3-32-22(27)21(25-23(28)33-17-18-10-6-4-7-11-18)24(2,29)19-14-15-26(16-19)34(30,31)20-12-8-5-9-13-20/h4-16,21,29H,3,17H2,1-2H3,(H,25,28). The Morgan fingerprint density at radius 1 is 1.03 bits per heavy atom. The molecule has 0 saturated heterocycles. The molecule has 0 fully saturated rings. The van der Waals surface area contributed by atoms with Gasteiger partial charge in [0.15, 0.2) is 6.04 Å². The predicted molar refractivity (Wildman–Crippen MR) is 123 cm³/mol. The molecule has 0 aliphatic carbocycles. The molecule has 180 valence electrons. The minimum atomic E-state index is -3.92. The number of hydrogen-bond donors (Lipinski definition) is 2. The van der Waals surface area contributed by atoms with Gasteiger partial charge in [0.1, 0.15) is 12.2 Å². The highest BCUT2D eigenvalue weighted by atomic mass is 32.2. The molecule has 0 radical (unpaired) electrons. The zero-order valence-corrected chi connectivity index (χ0v) is 19.6. The zero-order chi connectivity index (χ0) is 24.8. The minimum Gasteiger partial charge on any atom is -0.464 e. The number of aliphatic hydroxyl groups is 1. The van der Waals surface area contributed by atoms with Crippen molar-refractivity contribution < 1.29 is 32.6 Å².